The zero-order valence-corrected chi connectivity index (χ0v) is 23.2. The van der Waals surface area contributed by atoms with Gasteiger partial charge in [0.15, 0.2) is 0 Å². The van der Waals surface area contributed by atoms with Crippen molar-refractivity contribution < 1.29 is 13.9 Å². The van der Waals surface area contributed by atoms with E-state index in [2.05, 4.69) is 69.4 Å². The van der Waals surface area contributed by atoms with Gasteiger partial charge in [-0.1, -0.05) is 24.3 Å². The summed E-state index contributed by atoms with van der Waals surface area (Å²) >= 11 is 0. The third kappa shape index (κ3) is 6.66. The van der Waals surface area contributed by atoms with Gasteiger partial charge in [-0.05, 0) is 62.6 Å². The second-order valence-corrected chi connectivity index (χ2v) is 9.50. The number of pyridine rings is 1. The van der Waals surface area contributed by atoms with Crippen molar-refractivity contribution in [3.63, 3.8) is 0 Å². The van der Waals surface area contributed by atoms with Gasteiger partial charge >= 0.3 is 0 Å². The van der Waals surface area contributed by atoms with Gasteiger partial charge in [0.25, 0.3) is 0 Å². The highest BCUT2D eigenvalue weighted by molar-refractivity contribution is 5.93. The van der Waals surface area contributed by atoms with Crippen LogP contribution < -0.4 is 10.1 Å². The van der Waals surface area contributed by atoms with Crippen molar-refractivity contribution in [2.75, 3.05) is 20.7 Å². The number of ether oxygens (including phenoxy) is 1. The summed E-state index contributed by atoms with van der Waals surface area (Å²) in [7, 11) is 3.14. The number of nitrogens with zero attached hydrogens (tertiary/aromatic N) is 4. The lowest BCUT2D eigenvalue weighted by Crippen LogP contribution is -2.27. The molecular formula is C31H35FN6O2. The van der Waals surface area contributed by atoms with Crippen molar-refractivity contribution in [2.45, 2.75) is 32.7 Å². The number of allylic oxidation sites excluding steroid dienone is 1. The maximum Gasteiger partial charge on any atom is 0.206 e. The molecule has 1 saturated heterocycles. The van der Waals surface area contributed by atoms with E-state index < -0.39 is 0 Å². The third-order valence-corrected chi connectivity index (χ3v) is 6.73. The molecule has 0 saturated carbocycles. The average Bonchev–Trinajstić information content (AvgIpc) is 3.62. The largest absolute Gasteiger partial charge is 0.496 e. The highest BCUT2D eigenvalue weighted by atomic mass is 19.1. The van der Waals surface area contributed by atoms with Gasteiger partial charge in [-0.25, -0.2) is 9.37 Å². The SMILES string of the molecule is C=C1CCCCN1Cc1c(F)cccc1OC.CNC=O.Cc1ccc2[nH]nc(-c3ccc4nccn4c3)c2c1. The fourth-order valence-corrected chi connectivity index (χ4v) is 4.62. The number of piperidine rings is 1. The molecule has 0 unspecified atom stereocenters. The number of H-pyrrole nitrogens is 1. The van der Waals surface area contributed by atoms with Crippen LogP contribution in [-0.2, 0) is 11.3 Å². The second kappa shape index (κ2) is 13.4. The molecule has 3 aromatic heterocycles. The summed E-state index contributed by atoms with van der Waals surface area (Å²) in [6, 6.07) is 15.3. The molecule has 2 aromatic carbocycles. The Morgan fingerprint density at radius 3 is 2.77 bits per heavy atom. The summed E-state index contributed by atoms with van der Waals surface area (Å²) in [4.78, 5) is 15.5. The maximum absolute atomic E-state index is 13.8. The number of aromatic amines is 1. The van der Waals surface area contributed by atoms with Gasteiger partial charge in [0.05, 0.1) is 12.6 Å². The molecule has 1 aliphatic heterocycles. The van der Waals surface area contributed by atoms with E-state index in [9.17, 15) is 4.39 Å². The number of aromatic nitrogens is 4. The van der Waals surface area contributed by atoms with Crippen LogP contribution in [0.25, 0.3) is 27.8 Å². The Balaban J connectivity index is 0.000000165. The molecular weight excluding hydrogens is 507 g/mol. The summed E-state index contributed by atoms with van der Waals surface area (Å²) in [6.45, 7) is 7.64. The number of rotatable bonds is 5. The van der Waals surface area contributed by atoms with Crippen molar-refractivity contribution in [3.8, 4) is 17.0 Å². The summed E-state index contributed by atoms with van der Waals surface area (Å²) in [5.74, 6) is 0.408. The highest BCUT2D eigenvalue weighted by Crippen LogP contribution is 2.28. The maximum atomic E-state index is 13.8. The van der Waals surface area contributed by atoms with Crippen molar-refractivity contribution in [1.29, 1.82) is 0 Å². The smallest absolute Gasteiger partial charge is 0.206 e. The Morgan fingerprint density at radius 1 is 1.20 bits per heavy atom. The minimum atomic E-state index is -0.206. The lowest BCUT2D eigenvalue weighted by Gasteiger charge is -2.31. The number of amides is 1. The molecule has 5 aromatic rings. The topological polar surface area (TPSA) is 87.5 Å². The fourth-order valence-electron chi connectivity index (χ4n) is 4.62. The standard InChI is InChI=1S/C15H12N4.C14H18FNO.C2H5NO/c1-10-2-4-13-12(8-10)15(18-17-13)11-3-5-14-16-6-7-19(14)9-11;1-11-6-3-4-9-16(11)10-12-13(15)7-5-8-14(12)17-2;1-3-2-4/h2-9H,1H3,(H,17,18);5,7-8H,1,3-4,6,9-10H2,2H3;2H,1H3,(H,3,4). The molecule has 0 spiro atoms. The number of fused-ring (bicyclic) bond motifs is 2. The molecule has 1 aliphatic rings. The van der Waals surface area contributed by atoms with E-state index in [1.807, 2.05) is 16.7 Å². The number of benzene rings is 2. The van der Waals surface area contributed by atoms with E-state index in [1.165, 1.54) is 18.1 Å². The predicted octanol–water partition coefficient (Wildman–Crippen LogP) is 5.88. The number of carbonyl (C=O) groups excluding carboxylic acids is 1. The first-order valence-electron chi connectivity index (χ1n) is 13.2. The first-order chi connectivity index (χ1) is 19.4. The predicted molar refractivity (Wildman–Crippen MR) is 156 cm³/mol. The number of nitrogens with one attached hydrogen (secondary N) is 2. The molecule has 0 atom stereocenters. The van der Waals surface area contributed by atoms with Crippen LogP contribution in [-0.4, -0.2) is 51.6 Å². The molecule has 2 N–H and O–H groups in total. The molecule has 0 bridgehead atoms. The van der Waals surface area contributed by atoms with Crippen LogP contribution in [0.3, 0.4) is 0 Å². The van der Waals surface area contributed by atoms with Crippen LogP contribution in [0.5, 0.6) is 5.75 Å². The molecule has 4 heterocycles. The Labute approximate surface area is 233 Å². The highest BCUT2D eigenvalue weighted by Gasteiger charge is 2.17. The number of imidazole rings is 1. The van der Waals surface area contributed by atoms with E-state index in [0.29, 0.717) is 24.3 Å². The summed E-state index contributed by atoms with van der Waals surface area (Å²) < 4.78 is 21.0. The number of hydrogen-bond donors (Lipinski definition) is 2. The van der Waals surface area contributed by atoms with Crippen LogP contribution in [0.2, 0.25) is 0 Å². The van der Waals surface area contributed by atoms with Crippen molar-refractivity contribution in [2.24, 2.45) is 0 Å². The number of hydrogen-bond acceptors (Lipinski definition) is 5. The summed E-state index contributed by atoms with van der Waals surface area (Å²) in [5.41, 5.74) is 7.03. The van der Waals surface area contributed by atoms with E-state index >= 15 is 0 Å². The van der Waals surface area contributed by atoms with Crippen molar-refractivity contribution in [3.05, 3.63) is 96.3 Å². The summed E-state index contributed by atoms with van der Waals surface area (Å²) in [6.07, 6.45) is 9.77. The minimum absolute atomic E-state index is 0.206. The number of methoxy groups -OCH3 is 1. The molecule has 6 rings (SSSR count). The number of likely N-dealkylation sites (tertiary alicyclic amines) is 1. The van der Waals surface area contributed by atoms with E-state index in [0.717, 1.165) is 52.9 Å². The minimum Gasteiger partial charge on any atom is -0.496 e. The van der Waals surface area contributed by atoms with E-state index in [1.54, 1.807) is 32.5 Å². The first kappa shape index (κ1) is 28.4. The van der Waals surface area contributed by atoms with Gasteiger partial charge in [0.1, 0.15) is 22.9 Å². The van der Waals surface area contributed by atoms with E-state index in [4.69, 9.17) is 9.53 Å². The lowest BCUT2D eigenvalue weighted by molar-refractivity contribution is -0.109. The van der Waals surface area contributed by atoms with Crippen molar-refractivity contribution >= 4 is 23.0 Å². The molecule has 208 valence electrons. The molecule has 1 amide bonds. The normalized spacial score (nSPS) is 12.8. The van der Waals surface area contributed by atoms with Crippen LogP contribution in [0.15, 0.2) is 79.4 Å². The van der Waals surface area contributed by atoms with Gasteiger partial charge in [-0.2, -0.15) is 5.10 Å². The zero-order chi connectivity index (χ0) is 28.5. The first-order valence-corrected chi connectivity index (χ1v) is 13.2. The van der Waals surface area contributed by atoms with Crippen LogP contribution in [0.4, 0.5) is 4.39 Å². The second-order valence-electron chi connectivity index (χ2n) is 9.50. The zero-order valence-electron chi connectivity index (χ0n) is 23.2. The quantitative estimate of drug-likeness (QED) is 0.271. The Morgan fingerprint density at radius 2 is 2.02 bits per heavy atom. The van der Waals surface area contributed by atoms with E-state index in [-0.39, 0.29) is 5.82 Å². The van der Waals surface area contributed by atoms with Gasteiger partial charge in [-0.3, -0.25) is 9.89 Å². The van der Waals surface area contributed by atoms with Crippen LogP contribution >= 0.6 is 0 Å². The average molecular weight is 543 g/mol. The van der Waals surface area contributed by atoms with Gasteiger partial charge in [0, 0.05) is 60.9 Å². The van der Waals surface area contributed by atoms with Crippen LogP contribution in [0.1, 0.15) is 30.4 Å². The molecule has 0 aliphatic carbocycles. The third-order valence-electron chi connectivity index (χ3n) is 6.73. The number of halogens is 1. The molecule has 0 radical (unpaired) electrons. The molecule has 8 nitrogen and oxygen atoms in total. The van der Waals surface area contributed by atoms with Gasteiger partial charge in [-0.15, -0.1) is 0 Å². The van der Waals surface area contributed by atoms with Gasteiger partial charge < -0.3 is 19.4 Å². The monoisotopic (exact) mass is 542 g/mol. The Hall–Kier alpha value is -4.66. The lowest BCUT2D eigenvalue weighted by atomic mass is 10.1. The Kier molecular flexibility index (Phi) is 9.51. The molecule has 9 heteroatoms. The van der Waals surface area contributed by atoms with Crippen LogP contribution in [0, 0.1) is 12.7 Å². The molecule has 40 heavy (non-hydrogen) atoms. The fraction of sp³-hybridized carbons (Fsp3) is 0.258. The Bertz CT molecular complexity index is 1590. The number of carbonyl (C=O) groups is 1. The summed E-state index contributed by atoms with van der Waals surface area (Å²) in [5, 5.41) is 10.9. The number of aryl methyl sites for hydroxylation is 1. The van der Waals surface area contributed by atoms with Gasteiger partial charge in [0.2, 0.25) is 6.41 Å². The molecule has 1 fully saturated rings. The van der Waals surface area contributed by atoms with Crippen molar-refractivity contribution in [1.82, 2.24) is 29.8 Å².